The van der Waals surface area contributed by atoms with Gasteiger partial charge in [0.25, 0.3) is 0 Å². The van der Waals surface area contributed by atoms with Gasteiger partial charge in [-0.3, -0.25) is 0 Å². The molecule has 6 nitrogen and oxygen atoms in total. The van der Waals surface area contributed by atoms with Gasteiger partial charge in [0.05, 0.1) is 5.56 Å². The van der Waals surface area contributed by atoms with Crippen molar-refractivity contribution in [2.24, 2.45) is 0 Å². The third-order valence-electron chi connectivity index (χ3n) is 1.12. The first kappa shape index (κ1) is 21.1. The third-order valence-corrected chi connectivity index (χ3v) is 1.12. The van der Waals surface area contributed by atoms with E-state index < -0.39 is 17.9 Å². The van der Waals surface area contributed by atoms with E-state index in [0.717, 1.165) is 0 Å². The molecule has 0 saturated heterocycles. The average Bonchev–Trinajstić information content (AvgIpc) is 2.03. The number of para-hydroxylation sites is 1. The van der Waals surface area contributed by atoms with Gasteiger partial charge in [-0.25, -0.2) is 4.79 Å². The van der Waals surface area contributed by atoms with Crippen molar-refractivity contribution in [1.82, 2.24) is 0 Å². The fraction of sp³-hybridized carbons (Fsp3) is 0. The molecule has 0 spiro atoms. The maximum Gasteiger partial charge on any atom is 1.00 e. The van der Waals surface area contributed by atoms with Gasteiger partial charge in [-0.2, -0.15) is 0 Å². The maximum absolute atomic E-state index is 10.7. The molecule has 1 rings (SSSR count). The molecule has 76 valence electrons. The predicted octanol–water partition coefficient (Wildman–Crippen LogP) is -6.65. The number of carboxylic acids is 1. The second-order valence-electron chi connectivity index (χ2n) is 2.07. The molecule has 1 aromatic rings. The molecule has 8 heteroatoms. The summed E-state index contributed by atoms with van der Waals surface area (Å²) < 4.78 is 0. The van der Waals surface area contributed by atoms with Crippen molar-refractivity contribution in [2.45, 2.75) is 0 Å². The van der Waals surface area contributed by atoms with E-state index in [1.807, 2.05) is 0 Å². The van der Waals surface area contributed by atoms with Gasteiger partial charge in [-0.1, -0.05) is 23.9 Å². The molecule has 0 aliphatic rings. The first-order chi connectivity index (χ1) is 6.45. The van der Waals surface area contributed by atoms with Gasteiger partial charge >= 0.3 is 65.1 Å². The second-order valence-corrected chi connectivity index (χ2v) is 2.07. The zero-order chi connectivity index (χ0) is 11.1. The Bertz CT molecular complexity index is 337. The molecule has 16 heavy (non-hydrogen) atoms. The van der Waals surface area contributed by atoms with Crippen LogP contribution < -0.4 is 69.3 Å². The van der Waals surface area contributed by atoms with Crippen LogP contribution in [0.3, 0.4) is 0 Å². The molecule has 1 aromatic carbocycles. The molecule has 0 aliphatic carbocycles. The molecule has 2 N–H and O–H groups in total. The van der Waals surface area contributed by atoms with E-state index in [1.165, 1.54) is 24.3 Å². The Morgan fingerprint density at radius 3 is 1.69 bits per heavy atom. The minimum absolute atomic E-state index is 0. The maximum atomic E-state index is 10.7. The van der Waals surface area contributed by atoms with Crippen molar-refractivity contribution in [3.8, 4) is 5.75 Å². The zero-order valence-corrected chi connectivity index (χ0v) is 12.8. The molecular weight excluding hydrogens is 238 g/mol. The molecule has 0 saturated carbocycles. The molecule has 0 unspecified atom stereocenters. The molecule has 0 aliphatic heterocycles. The molecular formula is C8H6Na2O6. The monoisotopic (exact) mass is 244 g/mol. The minimum atomic E-state index is -2.08. The van der Waals surface area contributed by atoms with E-state index in [9.17, 15) is 9.90 Å². The van der Waals surface area contributed by atoms with E-state index in [0.29, 0.717) is 0 Å². The number of benzene rings is 1. The van der Waals surface area contributed by atoms with Crippen LogP contribution in [0.1, 0.15) is 10.4 Å². The zero-order valence-electron chi connectivity index (χ0n) is 8.84. The summed E-state index contributed by atoms with van der Waals surface area (Å²) >= 11 is 0. The quantitative estimate of drug-likeness (QED) is 0.474. The van der Waals surface area contributed by atoms with Gasteiger partial charge in [-0.15, -0.1) is 0 Å². The average molecular weight is 244 g/mol. The van der Waals surface area contributed by atoms with Crippen molar-refractivity contribution in [2.75, 3.05) is 0 Å². The smallest absolute Gasteiger partial charge is 0.872 e. The fourth-order valence-corrected chi connectivity index (χ4v) is 0.643. The number of aromatic carboxylic acids is 1. The Hall–Kier alpha value is -0.240. The van der Waals surface area contributed by atoms with Crippen molar-refractivity contribution in [1.29, 1.82) is 0 Å². The molecule has 0 aromatic heterocycles. The first-order valence-electron chi connectivity index (χ1n) is 3.34. The predicted molar refractivity (Wildman–Crippen MR) is 40.9 cm³/mol. The Balaban J connectivity index is -0.000000249. The van der Waals surface area contributed by atoms with E-state index in [1.54, 1.807) is 0 Å². The van der Waals surface area contributed by atoms with Crippen molar-refractivity contribution in [3.05, 3.63) is 29.8 Å². The number of carboxylic acid groups (broad SMARTS) is 3. The van der Waals surface area contributed by atoms with Crippen LogP contribution in [0, 0.1) is 0 Å². The second kappa shape index (κ2) is 11.3. The minimum Gasteiger partial charge on any atom is -0.872 e. The summed E-state index contributed by atoms with van der Waals surface area (Å²) in [5, 5.41) is 34.4. The molecule has 0 atom stereocenters. The first-order valence-corrected chi connectivity index (χ1v) is 3.34. The van der Waals surface area contributed by atoms with E-state index in [2.05, 4.69) is 0 Å². The van der Waals surface area contributed by atoms with Crippen molar-refractivity contribution >= 4 is 12.1 Å². The summed E-state index contributed by atoms with van der Waals surface area (Å²) in [6.45, 7) is 0. The number of hydrogen-bond donors (Lipinski definition) is 2. The van der Waals surface area contributed by atoms with Gasteiger partial charge in [0.2, 0.25) is 6.16 Å². The fourth-order valence-electron chi connectivity index (χ4n) is 0.643. The van der Waals surface area contributed by atoms with E-state index >= 15 is 0 Å². The van der Waals surface area contributed by atoms with Crippen LogP contribution in [-0.4, -0.2) is 22.3 Å². The van der Waals surface area contributed by atoms with Crippen LogP contribution >= 0.6 is 0 Å². The Morgan fingerprint density at radius 1 is 1.06 bits per heavy atom. The molecule has 0 fully saturated rings. The van der Waals surface area contributed by atoms with Gasteiger partial charge in [0, 0.05) is 0 Å². The Morgan fingerprint density at radius 2 is 1.44 bits per heavy atom. The summed E-state index contributed by atoms with van der Waals surface area (Å²) in [4.78, 5) is 18.7. The summed E-state index contributed by atoms with van der Waals surface area (Å²) in [6.07, 6.45) is -2.08. The summed E-state index contributed by atoms with van der Waals surface area (Å²) in [5.74, 6) is -1.62. The normalized spacial score (nSPS) is 7.25. The van der Waals surface area contributed by atoms with Crippen LogP contribution in [0.25, 0.3) is 0 Å². The van der Waals surface area contributed by atoms with E-state index in [4.69, 9.17) is 20.1 Å². The van der Waals surface area contributed by atoms with Gasteiger partial charge in [-0.05, 0) is 6.07 Å². The molecule has 0 radical (unpaired) electrons. The number of hydrogen-bond acceptors (Lipinski definition) is 4. The summed E-state index contributed by atoms with van der Waals surface area (Å²) in [5.41, 5.74) is -0.178. The third kappa shape index (κ3) is 10.3. The summed E-state index contributed by atoms with van der Waals surface area (Å²) in [6, 6.07) is 5.54. The topological polar surface area (TPSA) is 121 Å². The number of carbonyl (C=O) groups is 2. The summed E-state index contributed by atoms with van der Waals surface area (Å²) in [7, 11) is 0. The van der Waals surface area contributed by atoms with Crippen LogP contribution in [0.15, 0.2) is 24.3 Å². The van der Waals surface area contributed by atoms with Gasteiger partial charge in [0.15, 0.2) is 0 Å². The standard InChI is InChI=1S/C7H6O3.CH2O3.2Na/c8-6-4-2-1-3-5(6)7(9)10;2-1(3)4;;/h1-4,8H,(H,9,10);(H2,2,3,4);;/q;;2*+1/p-2. The molecule has 0 heterocycles. The Labute approximate surface area is 135 Å². The van der Waals surface area contributed by atoms with Crippen LogP contribution in [-0.2, 0) is 0 Å². The SMILES string of the molecule is O=C(O)c1ccccc1[O-].O=C([O-])O.[Na+].[Na+]. The largest absolute Gasteiger partial charge is 1.00 e. The molecule has 0 bridgehead atoms. The van der Waals surface area contributed by atoms with Gasteiger partial charge < -0.3 is 25.2 Å². The van der Waals surface area contributed by atoms with Crippen molar-refractivity contribution < 1.29 is 89.1 Å². The van der Waals surface area contributed by atoms with Crippen LogP contribution in [0.4, 0.5) is 4.79 Å². The van der Waals surface area contributed by atoms with Crippen LogP contribution in [0.2, 0.25) is 0 Å². The van der Waals surface area contributed by atoms with Gasteiger partial charge in [0.1, 0.15) is 0 Å². The molecule has 0 amide bonds. The number of rotatable bonds is 1. The Kier molecular flexibility index (Phi) is 14.8. The van der Waals surface area contributed by atoms with Crippen molar-refractivity contribution in [3.63, 3.8) is 0 Å². The van der Waals surface area contributed by atoms with Crippen LogP contribution in [0.5, 0.6) is 5.75 Å². The van der Waals surface area contributed by atoms with E-state index in [-0.39, 0.29) is 64.7 Å².